The van der Waals surface area contributed by atoms with Crippen molar-refractivity contribution in [1.82, 2.24) is 20.4 Å². The first-order valence-corrected chi connectivity index (χ1v) is 10.4. The number of nitrogens with zero attached hydrogens (tertiary/aromatic N) is 2. The SMILES string of the molecule is CN1CCC(CNCc2ccc(-c3n[nH]c4c3Cc3ccccc3-4)cc2)CC1. The topological polar surface area (TPSA) is 44.0 Å². The number of aromatic nitrogens is 2. The third-order valence-electron chi connectivity index (χ3n) is 6.35. The molecule has 2 aromatic carbocycles. The number of hydrogen-bond acceptors (Lipinski definition) is 3. The molecule has 2 heterocycles. The predicted octanol–water partition coefficient (Wildman–Crippen LogP) is 4.08. The van der Waals surface area contributed by atoms with Gasteiger partial charge in [0, 0.05) is 29.7 Å². The molecule has 4 nitrogen and oxygen atoms in total. The van der Waals surface area contributed by atoms with Crippen molar-refractivity contribution in [2.45, 2.75) is 25.8 Å². The van der Waals surface area contributed by atoms with Gasteiger partial charge in [0.2, 0.25) is 0 Å². The highest BCUT2D eigenvalue weighted by molar-refractivity contribution is 5.80. The fourth-order valence-corrected chi connectivity index (χ4v) is 4.57. The van der Waals surface area contributed by atoms with E-state index in [1.54, 1.807) is 0 Å². The Bertz CT molecular complexity index is 949. The van der Waals surface area contributed by atoms with Gasteiger partial charge in [0.1, 0.15) is 0 Å². The molecule has 3 aromatic rings. The number of likely N-dealkylation sites (tertiary alicyclic amines) is 1. The zero-order valence-electron chi connectivity index (χ0n) is 16.5. The molecule has 5 rings (SSSR count). The van der Waals surface area contributed by atoms with Crippen LogP contribution in [0.4, 0.5) is 0 Å². The highest BCUT2D eigenvalue weighted by Crippen LogP contribution is 2.39. The summed E-state index contributed by atoms with van der Waals surface area (Å²) in [6.45, 7) is 4.54. The van der Waals surface area contributed by atoms with Crippen LogP contribution >= 0.6 is 0 Å². The van der Waals surface area contributed by atoms with E-state index in [0.29, 0.717) is 0 Å². The summed E-state index contributed by atoms with van der Waals surface area (Å²) in [5.74, 6) is 0.823. The minimum atomic E-state index is 0.823. The molecule has 0 atom stereocenters. The van der Waals surface area contributed by atoms with Crippen molar-refractivity contribution in [3.05, 3.63) is 65.2 Å². The van der Waals surface area contributed by atoms with Crippen LogP contribution in [0.3, 0.4) is 0 Å². The average molecular weight is 373 g/mol. The van der Waals surface area contributed by atoms with Crippen LogP contribution in [-0.2, 0) is 13.0 Å². The number of rotatable bonds is 5. The van der Waals surface area contributed by atoms with Gasteiger partial charge in [-0.3, -0.25) is 5.10 Å². The van der Waals surface area contributed by atoms with Gasteiger partial charge in [-0.1, -0.05) is 48.5 Å². The number of benzene rings is 2. The molecule has 0 amide bonds. The van der Waals surface area contributed by atoms with E-state index in [1.807, 2.05) is 0 Å². The zero-order valence-corrected chi connectivity index (χ0v) is 16.5. The second kappa shape index (κ2) is 7.53. The normalized spacial score (nSPS) is 16.9. The summed E-state index contributed by atoms with van der Waals surface area (Å²) in [6.07, 6.45) is 3.60. The highest BCUT2D eigenvalue weighted by atomic mass is 15.1. The van der Waals surface area contributed by atoms with E-state index in [2.05, 4.69) is 76.0 Å². The Hall–Kier alpha value is -2.43. The maximum absolute atomic E-state index is 4.62. The van der Waals surface area contributed by atoms with E-state index in [0.717, 1.165) is 31.1 Å². The average Bonchev–Trinajstić information content (AvgIpc) is 3.29. The van der Waals surface area contributed by atoms with Gasteiger partial charge in [0.15, 0.2) is 0 Å². The van der Waals surface area contributed by atoms with Gasteiger partial charge in [-0.25, -0.2) is 0 Å². The van der Waals surface area contributed by atoms with Crippen molar-refractivity contribution in [3.8, 4) is 22.5 Å². The van der Waals surface area contributed by atoms with E-state index >= 15 is 0 Å². The van der Waals surface area contributed by atoms with Crippen LogP contribution in [0, 0.1) is 5.92 Å². The Morgan fingerprint density at radius 3 is 2.68 bits per heavy atom. The lowest BCUT2D eigenvalue weighted by atomic mass is 9.97. The summed E-state index contributed by atoms with van der Waals surface area (Å²) in [6, 6.07) is 17.5. The van der Waals surface area contributed by atoms with Gasteiger partial charge in [0.05, 0.1) is 11.4 Å². The first-order valence-electron chi connectivity index (χ1n) is 10.4. The molecule has 1 fully saturated rings. The highest BCUT2D eigenvalue weighted by Gasteiger charge is 2.24. The molecule has 1 aromatic heterocycles. The number of aromatic amines is 1. The lowest BCUT2D eigenvalue weighted by molar-refractivity contribution is 0.216. The molecule has 2 aliphatic rings. The summed E-state index contributed by atoms with van der Waals surface area (Å²) >= 11 is 0. The lowest BCUT2D eigenvalue weighted by Gasteiger charge is -2.29. The molecule has 2 N–H and O–H groups in total. The first kappa shape index (κ1) is 17.7. The summed E-state index contributed by atoms with van der Waals surface area (Å²) < 4.78 is 0. The molecule has 1 saturated heterocycles. The number of fused-ring (bicyclic) bond motifs is 3. The summed E-state index contributed by atoms with van der Waals surface area (Å²) in [4.78, 5) is 2.43. The van der Waals surface area contributed by atoms with Gasteiger partial charge in [-0.15, -0.1) is 0 Å². The molecule has 0 spiro atoms. The molecule has 28 heavy (non-hydrogen) atoms. The molecule has 4 heteroatoms. The van der Waals surface area contributed by atoms with Crippen molar-refractivity contribution < 1.29 is 0 Å². The van der Waals surface area contributed by atoms with Crippen molar-refractivity contribution >= 4 is 0 Å². The van der Waals surface area contributed by atoms with Gasteiger partial charge in [-0.05, 0) is 56.6 Å². The van der Waals surface area contributed by atoms with Crippen LogP contribution in [0.1, 0.15) is 29.5 Å². The van der Waals surface area contributed by atoms with E-state index in [1.165, 1.54) is 59.4 Å². The zero-order chi connectivity index (χ0) is 18.9. The molecule has 0 radical (unpaired) electrons. The quantitative estimate of drug-likeness (QED) is 0.555. The minimum absolute atomic E-state index is 0.823. The van der Waals surface area contributed by atoms with Crippen molar-refractivity contribution in [1.29, 1.82) is 0 Å². The van der Waals surface area contributed by atoms with E-state index in [9.17, 15) is 0 Å². The van der Waals surface area contributed by atoms with E-state index in [-0.39, 0.29) is 0 Å². The summed E-state index contributed by atoms with van der Waals surface area (Å²) in [5, 5.41) is 11.5. The van der Waals surface area contributed by atoms with Crippen LogP contribution in [0.25, 0.3) is 22.5 Å². The largest absolute Gasteiger partial charge is 0.312 e. The van der Waals surface area contributed by atoms with Crippen LogP contribution in [0.15, 0.2) is 48.5 Å². The number of piperidine rings is 1. The summed E-state index contributed by atoms with van der Waals surface area (Å²) in [7, 11) is 2.22. The molecular weight excluding hydrogens is 344 g/mol. The fraction of sp³-hybridized carbons (Fsp3) is 0.375. The van der Waals surface area contributed by atoms with Crippen molar-refractivity contribution in [2.24, 2.45) is 5.92 Å². The monoisotopic (exact) mass is 372 g/mol. The van der Waals surface area contributed by atoms with Gasteiger partial charge in [0.25, 0.3) is 0 Å². The van der Waals surface area contributed by atoms with E-state index < -0.39 is 0 Å². The third kappa shape index (κ3) is 3.38. The van der Waals surface area contributed by atoms with Gasteiger partial charge in [-0.2, -0.15) is 5.10 Å². The number of nitrogens with one attached hydrogen (secondary N) is 2. The smallest absolute Gasteiger partial charge is 0.0962 e. The second-order valence-corrected chi connectivity index (χ2v) is 8.33. The number of H-pyrrole nitrogens is 1. The molecule has 144 valence electrons. The van der Waals surface area contributed by atoms with Gasteiger partial charge >= 0.3 is 0 Å². The molecule has 0 bridgehead atoms. The third-order valence-corrected chi connectivity index (χ3v) is 6.35. The molecular formula is C24H28N4. The van der Waals surface area contributed by atoms with Crippen LogP contribution < -0.4 is 5.32 Å². The lowest BCUT2D eigenvalue weighted by Crippen LogP contribution is -2.34. The predicted molar refractivity (Wildman–Crippen MR) is 114 cm³/mol. The van der Waals surface area contributed by atoms with Crippen molar-refractivity contribution in [2.75, 3.05) is 26.7 Å². The fourth-order valence-electron chi connectivity index (χ4n) is 4.57. The van der Waals surface area contributed by atoms with Crippen LogP contribution in [-0.4, -0.2) is 41.8 Å². The Morgan fingerprint density at radius 2 is 1.86 bits per heavy atom. The molecule has 1 aliphatic heterocycles. The van der Waals surface area contributed by atoms with Crippen LogP contribution in [0.5, 0.6) is 0 Å². The van der Waals surface area contributed by atoms with E-state index in [4.69, 9.17) is 0 Å². The molecule has 0 saturated carbocycles. The molecule has 0 unspecified atom stereocenters. The summed E-state index contributed by atoms with van der Waals surface area (Å²) in [5.41, 5.74) is 8.84. The maximum Gasteiger partial charge on any atom is 0.0962 e. The standard InChI is InChI=1S/C24H28N4/c1-28-12-10-18(11-13-28)16-25-15-17-6-8-19(9-7-17)23-22-14-20-4-2-3-5-21(20)24(22)27-26-23/h2-9,18,25H,10-16H2,1H3,(H,26,27). The minimum Gasteiger partial charge on any atom is -0.312 e. The molecule has 1 aliphatic carbocycles. The van der Waals surface area contributed by atoms with Crippen molar-refractivity contribution in [3.63, 3.8) is 0 Å². The van der Waals surface area contributed by atoms with Gasteiger partial charge < -0.3 is 10.2 Å². The van der Waals surface area contributed by atoms with Crippen LogP contribution in [0.2, 0.25) is 0 Å². The Kier molecular flexibility index (Phi) is 4.75. The first-order chi connectivity index (χ1) is 13.8. The maximum atomic E-state index is 4.62. The Morgan fingerprint density at radius 1 is 1.07 bits per heavy atom. The Balaban J connectivity index is 1.22. The Labute approximate surface area is 167 Å². The second-order valence-electron chi connectivity index (χ2n) is 8.33. The number of hydrogen-bond donors (Lipinski definition) is 2.